The van der Waals surface area contributed by atoms with Crippen LogP contribution in [0.4, 0.5) is 0 Å². The Morgan fingerprint density at radius 1 is 1.00 bits per heavy atom. The highest BCUT2D eigenvalue weighted by Crippen LogP contribution is 2.60. The zero-order chi connectivity index (χ0) is 25.1. The van der Waals surface area contributed by atoms with Crippen LogP contribution < -0.4 is 4.74 Å². The van der Waals surface area contributed by atoms with E-state index in [9.17, 15) is 4.79 Å². The van der Waals surface area contributed by atoms with Crippen LogP contribution in [-0.2, 0) is 5.41 Å². The van der Waals surface area contributed by atoms with Crippen molar-refractivity contribution in [2.75, 3.05) is 19.5 Å². The molecule has 0 unspecified atom stereocenters. The van der Waals surface area contributed by atoms with Crippen LogP contribution in [0.3, 0.4) is 0 Å². The van der Waals surface area contributed by atoms with Gasteiger partial charge in [0.05, 0.1) is 12.9 Å². The molecule has 1 heterocycles. The maximum absolute atomic E-state index is 12.8. The summed E-state index contributed by atoms with van der Waals surface area (Å²) >= 11 is 1.49. The number of ether oxygens (including phenoxy) is 1. The summed E-state index contributed by atoms with van der Waals surface area (Å²) in [5, 5.41) is 17.8. The number of aliphatic hydroxyl groups excluding tert-OH is 1. The fourth-order valence-electron chi connectivity index (χ4n) is 6.89. The van der Waals surface area contributed by atoms with E-state index >= 15 is 0 Å². The average Bonchev–Trinajstić information content (AvgIpc) is 3.32. The van der Waals surface area contributed by atoms with Gasteiger partial charge in [0, 0.05) is 23.3 Å². The molecule has 3 aromatic rings. The second-order valence-electron chi connectivity index (χ2n) is 10.4. The van der Waals surface area contributed by atoms with Gasteiger partial charge in [-0.3, -0.25) is 9.36 Å². The Bertz CT molecular complexity index is 1140. The molecule has 7 rings (SSSR count). The number of aromatic nitrogens is 3. The topological polar surface area (TPSA) is 77.2 Å². The Labute approximate surface area is 217 Å². The highest BCUT2D eigenvalue weighted by atomic mass is 32.2. The molecule has 2 aromatic carbocycles. The SMILES string of the molecule is CCO.COc1ccc(-n2c(SCC(=O)c3ccccc3)nnc2C23CC4CC(CC(C4)C2)C3)cc1. The van der Waals surface area contributed by atoms with Crippen molar-refractivity contribution in [3.05, 3.63) is 66.0 Å². The van der Waals surface area contributed by atoms with Gasteiger partial charge in [-0.05, 0) is 87.5 Å². The third kappa shape index (κ3) is 4.96. The van der Waals surface area contributed by atoms with Crippen molar-refractivity contribution in [1.29, 1.82) is 0 Å². The highest BCUT2D eigenvalue weighted by Gasteiger charge is 2.54. The summed E-state index contributed by atoms with van der Waals surface area (Å²) in [6.45, 7) is 1.93. The Morgan fingerprint density at radius 3 is 2.14 bits per heavy atom. The number of rotatable bonds is 7. The van der Waals surface area contributed by atoms with E-state index in [1.54, 1.807) is 14.0 Å². The van der Waals surface area contributed by atoms with Crippen molar-refractivity contribution < 1.29 is 14.6 Å². The van der Waals surface area contributed by atoms with Gasteiger partial charge in [-0.25, -0.2) is 0 Å². The van der Waals surface area contributed by atoms with Gasteiger partial charge in [0.1, 0.15) is 11.6 Å². The molecule has 7 heteroatoms. The number of benzene rings is 2. The Hall–Kier alpha value is -2.64. The number of hydrogen-bond acceptors (Lipinski definition) is 6. The number of thioether (sulfide) groups is 1. The Balaban J connectivity index is 0.000000848. The summed E-state index contributed by atoms with van der Waals surface area (Å²) in [6.07, 6.45) is 7.85. The van der Waals surface area contributed by atoms with E-state index < -0.39 is 0 Å². The smallest absolute Gasteiger partial charge is 0.196 e. The fraction of sp³-hybridized carbons (Fsp3) is 0.483. The summed E-state index contributed by atoms with van der Waals surface area (Å²) in [6, 6.07) is 17.6. The van der Waals surface area contributed by atoms with Gasteiger partial charge in [-0.2, -0.15) is 0 Å². The molecule has 4 aliphatic rings. The van der Waals surface area contributed by atoms with Crippen LogP contribution >= 0.6 is 11.8 Å². The molecule has 0 amide bonds. The summed E-state index contributed by atoms with van der Waals surface area (Å²) in [4.78, 5) is 12.8. The van der Waals surface area contributed by atoms with Gasteiger partial charge in [-0.1, -0.05) is 42.1 Å². The van der Waals surface area contributed by atoms with E-state index in [-0.39, 0.29) is 17.8 Å². The normalized spacial score (nSPS) is 25.8. The number of nitrogens with zero attached hydrogens (tertiary/aromatic N) is 3. The first-order valence-corrected chi connectivity index (χ1v) is 14.0. The minimum atomic E-state index is 0.112. The van der Waals surface area contributed by atoms with E-state index in [4.69, 9.17) is 14.9 Å². The minimum Gasteiger partial charge on any atom is -0.497 e. The minimum absolute atomic E-state index is 0.112. The van der Waals surface area contributed by atoms with E-state index in [0.29, 0.717) is 5.75 Å². The number of carbonyl (C=O) groups excluding carboxylic acids is 1. The summed E-state index contributed by atoms with van der Waals surface area (Å²) in [7, 11) is 1.69. The molecule has 4 bridgehead atoms. The van der Waals surface area contributed by atoms with Crippen molar-refractivity contribution in [2.24, 2.45) is 17.8 Å². The van der Waals surface area contributed by atoms with Crippen LogP contribution in [0.1, 0.15) is 61.6 Å². The number of aliphatic hydroxyl groups is 1. The largest absolute Gasteiger partial charge is 0.497 e. The molecule has 0 aliphatic heterocycles. The first-order chi connectivity index (χ1) is 17.5. The van der Waals surface area contributed by atoms with Crippen LogP contribution in [0.5, 0.6) is 5.75 Å². The maximum atomic E-state index is 12.8. The second kappa shape index (κ2) is 10.8. The fourth-order valence-corrected chi connectivity index (χ4v) is 7.74. The van der Waals surface area contributed by atoms with Crippen molar-refractivity contribution in [1.82, 2.24) is 14.8 Å². The quantitative estimate of drug-likeness (QED) is 0.327. The number of hydrogen-bond donors (Lipinski definition) is 1. The third-order valence-corrected chi connectivity index (χ3v) is 8.83. The first kappa shape index (κ1) is 25.0. The number of ketones is 1. The molecule has 4 fully saturated rings. The third-order valence-electron chi connectivity index (χ3n) is 7.90. The molecule has 0 spiro atoms. The van der Waals surface area contributed by atoms with Gasteiger partial charge in [0.2, 0.25) is 0 Å². The molecule has 0 saturated heterocycles. The predicted molar refractivity (Wildman–Crippen MR) is 142 cm³/mol. The number of methoxy groups -OCH3 is 1. The molecule has 36 heavy (non-hydrogen) atoms. The van der Waals surface area contributed by atoms with E-state index in [0.717, 1.165) is 45.7 Å². The first-order valence-electron chi connectivity index (χ1n) is 13.0. The molecular formula is C29H35N3O3S. The number of Topliss-reactive ketones (excluding diaryl/α,β-unsaturated/α-hetero) is 1. The lowest BCUT2D eigenvalue weighted by Crippen LogP contribution is -2.49. The molecule has 1 N–H and O–H groups in total. The van der Waals surface area contributed by atoms with Crippen molar-refractivity contribution in [3.63, 3.8) is 0 Å². The molecular weight excluding hydrogens is 470 g/mol. The van der Waals surface area contributed by atoms with E-state index in [1.165, 1.54) is 50.3 Å². The molecule has 190 valence electrons. The summed E-state index contributed by atoms with van der Waals surface area (Å²) in [5.41, 5.74) is 1.90. The monoisotopic (exact) mass is 505 g/mol. The van der Waals surface area contributed by atoms with Crippen LogP contribution in [0.25, 0.3) is 5.69 Å². The Morgan fingerprint density at radius 2 is 1.58 bits per heavy atom. The maximum Gasteiger partial charge on any atom is 0.196 e. The molecule has 4 aliphatic carbocycles. The van der Waals surface area contributed by atoms with Crippen LogP contribution in [-0.4, -0.2) is 45.1 Å². The summed E-state index contributed by atoms with van der Waals surface area (Å²) < 4.78 is 7.62. The van der Waals surface area contributed by atoms with Gasteiger partial charge in [0.15, 0.2) is 10.9 Å². The lowest BCUT2D eigenvalue weighted by Gasteiger charge is -2.56. The zero-order valence-electron chi connectivity index (χ0n) is 21.1. The van der Waals surface area contributed by atoms with Crippen LogP contribution in [0.15, 0.2) is 59.8 Å². The average molecular weight is 506 g/mol. The summed E-state index contributed by atoms with van der Waals surface area (Å²) in [5.74, 6) is 4.87. The molecule has 1 aromatic heterocycles. The second-order valence-corrected chi connectivity index (χ2v) is 11.4. The van der Waals surface area contributed by atoms with Gasteiger partial charge >= 0.3 is 0 Å². The van der Waals surface area contributed by atoms with Crippen LogP contribution in [0.2, 0.25) is 0 Å². The van der Waals surface area contributed by atoms with Crippen molar-refractivity contribution >= 4 is 17.5 Å². The zero-order valence-corrected chi connectivity index (χ0v) is 21.9. The predicted octanol–water partition coefficient (Wildman–Crippen LogP) is 5.72. The molecule has 0 atom stereocenters. The van der Waals surface area contributed by atoms with Crippen LogP contribution in [0, 0.1) is 17.8 Å². The highest BCUT2D eigenvalue weighted by molar-refractivity contribution is 7.99. The number of carbonyl (C=O) groups is 1. The molecule has 4 saturated carbocycles. The van der Waals surface area contributed by atoms with Crippen molar-refractivity contribution in [3.8, 4) is 11.4 Å². The van der Waals surface area contributed by atoms with E-state index in [1.807, 2.05) is 42.5 Å². The van der Waals surface area contributed by atoms with Gasteiger partial charge in [-0.15, -0.1) is 10.2 Å². The van der Waals surface area contributed by atoms with Gasteiger partial charge < -0.3 is 9.84 Å². The standard InChI is InChI=1S/C27H29N3O2S.C2H6O/c1-32-23-9-7-22(8-10-23)30-25(27-14-18-11-19(15-27)13-20(12-18)16-27)28-29-26(30)33-17-24(31)21-5-3-2-4-6-21;1-2-3/h2-10,18-20H,11-17H2,1H3;3H,2H2,1H3. The van der Waals surface area contributed by atoms with Crippen molar-refractivity contribution in [2.45, 2.75) is 56.0 Å². The lowest BCUT2D eigenvalue weighted by molar-refractivity contribution is -0.0103. The lowest BCUT2D eigenvalue weighted by atomic mass is 9.49. The van der Waals surface area contributed by atoms with E-state index in [2.05, 4.69) is 21.8 Å². The Kier molecular flexibility index (Phi) is 7.49. The molecule has 6 nitrogen and oxygen atoms in total. The van der Waals surface area contributed by atoms with Gasteiger partial charge in [0.25, 0.3) is 0 Å². The molecule has 0 radical (unpaired) electrons.